The van der Waals surface area contributed by atoms with Crippen molar-refractivity contribution in [3.8, 4) is 0 Å². The molecule has 15 atom stereocenters. The Morgan fingerprint density at radius 3 is 2.18 bits per heavy atom. The lowest BCUT2D eigenvalue weighted by Crippen LogP contribution is -2.68. The van der Waals surface area contributed by atoms with Gasteiger partial charge in [-0.1, -0.05) is 30.3 Å². The smallest absolute Gasteiger partial charge is 0.187 e. The first kappa shape index (κ1) is 30.6. The second-order valence-electron chi connectivity index (χ2n) is 10.7. The van der Waals surface area contributed by atoms with Crippen LogP contribution in [0.15, 0.2) is 30.3 Å². The van der Waals surface area contributed by atoms with E-state index in [1.165, 1.54) is 0 Å². The van der Waals surface area contributed by atoms with Crippen molar-refractivity contribution < 1.29 is 49.6 Å². The molecule has 222 valence electrons. The monoisotopic (exact) mass is 558 g/mol. The molecule has 4 rings (SSSR count). The number of hydrogen-bond donors (Lipinski definition) is 10. The van der Waals surface area contributed by atoms with E-state index in [0.29, 0.717) is 6.54 Å². The molecule has 1 aliphatic carbocycles. The van der Waals surface area contributed by atoms with E-state index in [9.17, 15) is 30.6 Å². The van der Waals surface area contributed by atoms with E-state index < -0.39 is 98.3 Å². The van der Waals surface area contributed by atoms with Crippen LogP contribution in [0.4, 0.5) is 0 Å². The summed E-state index contributed by atoms with van der Waals surface area (Å²) < 4.78 is 23.4. The molecule has 0 amide bonds. The average molecular weight is 559 g/mol. The lowest BCUT2D eigenvalue weighted by molar-refractivity contribution is -0.311. The lowest BCUT2D eigenvalue weighted by atomic mass is 9.83. The van der Waals surface area contributed by atoms with Crippen molar-refractivity contribution in [2.24, 2.45) is 17.2 Å². The van der Waals surface area contributed by atoms with Crippen molar-refractivity contribution in [1.82, 2.24) is 5.32 Å². The van der Waals surface area contributed by atoms with Crippen LogP contribution >= 0.6 is 0 Å². The molecule has 14 nitrogen and oxygen atoms in total. The zero-order chi connectivity index (χ0) is 28.4. The van der Waals surface area contributed by atoms with Crippen LogP contribution in [0.25, 0.3) is 0 Å². The zero-order valence-electron chi connectivity index (χ0n) is 21.7. The Kier molecular flexibility index (Phi) is 10.3. The van der Waals surface area contributed by atoms with E-state index >= 15 is 0 Å². The summed E-state index contributed by atoms with van der Waals surface area (Å²) in [7, 11) is 0. The van der Waals surface area contributed by atoms with Crippen molar-refractivity contribution in [1.29, 1.82) is 0 Å². The summed E-state index contributed by atoms with van der Waals surface area (Å²) in [6.07, 6.45) is -13.7. The highest BCUT2D eigenvalue weighted by molar-refractivity contribution is 5.15. The van der Waals surface area contributed by atoms with Crippen LogP contribution < -0.4 is 22.5 Å². The van der Waals surface area contributed by atoms with Gasteiger partial charge in [0, 0.05) is 24.7 Å². The van der Waals surface area contributed by atoms with Gasteiger partial charge in [0.25, 0.3) is 0 Å². The minimum atomic E-state index is -1.47. The number of rotatable bonds is 9. The van der Waals surface area contributed by atoms with Crippen molar-refractivity contribution in [3.05, 3.63) is 35.9 Å². The standard InChI is InChI=1S/C25H42N4O10/c1-10(26)21-19(34)20(35)25(37-21)39-23-16(31)13(29-8-11-5-3-2-4-6-11)7-12(27)22(23)38-24-15(28)18(33)17(32)14(9-30)36-24/h2-6,10,12-25,29-35H,7-9,26-28H2,1H3/t10-,12?,13+,14?,15?,16?,17+,18?,19?,20?,21+,22+,23?,24+,25-/m0/s1. The molecule has 3 aliphatic rings. The van der Waals surface area contributed by atoms with Gasteiger partial charge in [0.2, 0.25) is 0 Å². The first-order valence-electron chi connectivity index (χ1n) is 13.2. The maximum Gasteiger partial charge on any atom is 0.187 e. The molecule has 0 aromatic heterocycles. The van der Waals surface area contributed by atoms with Crippen LogP contribution in [0.1, 0.15) is 18.9 Å². The Hall–Kier alpha value is -1.34. The van der Waals surface area contributed by atoms with Gasteiger partial charge in [-0.25, -0.2) is 0 Å². The molecule has 1 aromatic rings. The van der Waals surface area contributed by atoms with E-state index in [0.717, 1.165) is 5.56 Å². The maximum atomic E-state index is 11.4. The molecule has 8 unspecified atom stereocenters. The quantitative estimate of drug-likeness (QED) is 0.137. The minimum Gasteiger partial charge on any atom is -0.394 e. The number of nitrogens with one attached hydrogen (secondary N) is 1. The van der Waals surface area contributed by atoms with E-state index in [2.05, 4.69) is 5.32 Å². The molecule has 2 heterocycles. The number of hydrogen-bond acceptors (Lipinski definition) is 14. The van der Waals surface area contributed by atoms with Crippen LogP contribution in [-0.4, -0.2) is 129 Å². The van der Waals surface area contributed by atoms with Gasteiger partial charge in [0.1, 0.15) is 48.8 Å². The molecule has 1 aromatic carbocycles. The highest BCUT2D eigenvalue weighted by Crippen LogP contribution is 2.33. The van der Waals surface area contributed by atoms with E-state index in [4.69, 9.17) is 36.1 Å². The zero-order valence-corrected chi connectivity index (χ0v) is 21.7. The van der Waals surface area contributed by atoms with Crippen LogP contribution in [0.3, 0.4) is 0 Å². The summed E-state index contributed by atoms with van der Waals surface area (Å²) in [6, 6.07) is 6.40. The molecule has 3 fully saturated rings. The van der Waals surface area contributed by atoms with Gasteiger partial charge in [-0.3, -0.25) is 0 Å². The molecule has 14 heteroatoms. The Morgan fingerprint density at radius 1 is 0.897 bits per heavy atom. The third-order valence-corrected chi connectivity index (χ3v) is 7.72. The first-order valence-corrected chi connectivity index (χ1v) is 13.2. The van der Waals surface area contributed by atoms with Crippen LogP contribution in [-0.2, 0) is 25.5 Å². The lowest BCUT2D eigenvalue weighted by Gasteiger charge is -2.48. The molecule has 1 saturated carbocycles. The largest absolute Gasteiger partial charge is 0.394 e. The Morgan fingerprint density at radius 2 is 1.56 bits per heavy atom. The average Bonchev–Trinajstić information content (AvgIpc) is 3.21. The number of aliphatic hydroxyl groups is 6. The van der Waals surface area contributed by atoms with Gasteiger partial charge >= 0.3 is 0 Å². The summed E-state index contributed by atoms with van der Waals surface area (Å²) in [6.45, 7) is 1.44. The predicted molar refractivity (Wildman–Crippen MR) is 135 cm³/mol. The molecular formula is C25H42N4O10. The fourth-order valence-corrected chi connectivity index (χ4v) is 5.37. The predicted octanol–water partition coefficient (Wildman–Crippen LogP) is -4.43. The Balaban J connectivity index is 1.55. The second kappa shape index (κ2) is 13.1. The van der Waals surface area contributed by atoms with Crippen molar-refractivity contribution >= 4 is 0 Å². The topological polar surface area (TPSA) is 248 Å². The summed E-state index contributed by atoms with van der Waals surface area (Å²) >= 11 is 0. The summed E-state index contributed by atoms with van der Waals surface area (Å²) in [5.41, 5.74) is 19.4. The first-order chi connectivity index (χ1) is 18.5. The summed E-state index contributed by atoms with van der Waals surface area (Å²) in [5.74, 6) is 0. The van der Waals surface area contributed by atoms with Gasteiger partial charge in [0.05, 0.1) is 18.8 Å². The molecule has 0 bridgehead atoms. The third-order valence-electron chi connectivity index (χ3n) is 7.72. The molecule has 2 saturated heterocycles. The minimum absolute atomic E-state index is 0.244. The van der Waals surface area contributed by atoms with E-state index in [-0.39, 0.29) is 6.42 Å². The summed E-state index contributed by atoms with van der Waals surface area (Å²) in [4.78, 5) is 0. The Labute approximate surface area is 226 Å². The fourth-order valence-electron chi connectivity index (χ4n) is 5.37. The molecule has 39 heavy (non-hydrogen) atoms. The number of nitrogens with two attached hydrogens (primary N) is 3. The van der Waals surface area contributed by atoms with E-state index in [1.807, 2.05) is 30.3 Å². The number of benzene rings is 1. The van der Waals surface area contributed by atoms with Crippen molar-refractivity contribution in [3.63, 3.8) is 0 Å². The van der Waals surface area contributed by atoms with Crippen molar-refractivity contribution in [2.75, 3.05) is 6.61 Å². The molecule has 2 aliphatic heterocycles. The number of aliphatic hydroxyl groups excluding tert-OH is 6. The SMILES string of the molecule is C[C@H](N)[C@H]1O[C@@H](OC2C(O)[C@H](NCc3ccccc3)CC(N)[C@H]2O[C@H]2OC(CO)[C@@H](O)C(O)C2N)C(O)C1O. The van der Waals surface area contributed by atoms with Crippen LogP contribution in [0.5, 0.6) is 0 Å². The normalized spacial score (nSPS) is 45.8. The van der Waals surface area contributed by atoms with Gasteiger partial charge in [0.15, 0.2) is 12.6 Å². The maximum absolute atomic E-state index is 11.4. The molecule has 13 N–H and O–H groups in total. The highest BCUT2D eigenvalue weighted by Gasteiger charge is 2.53. The highest BCUT2D eigenvalue weighted by atomic mass is 16.7. The van der Waals surface area contributed by atoms with Gasteiger partial charge < -0.3 is 72.1 Å². The Bertz CT molecular complexity index is 901. The van der Waals surface area contributed by atoms with Gasteiger partial charge in [-0.2, -0.15) is 0 Å². The van der Waals surface area contributed by atoms with E-state index in [1.54, 1.807) is 6.92 Å². The van der Waals surface area contributed by atoms with Gasteiger partial charge in [-0.15, -0.1) is 0 Å². The number of ether oxygens (including phenoxy) is 4. The van der Waals surface area contributed by atoms with Crippen LogP contribution in [0.2, 0.25) is 0 Å². The third kappa shape index (κ3) is 6.60. The summed E-state index contributed by atoms with van der Waals surface area (Å²) in [5, 5.41) is 65.8. The fraction of sp³-hybridized carbons (Fsp3) is 0.760. The molecule has 0 radical (unpaired) electrons. The van der Waals surface area contributed by atoms with Crippen molar-refractivity contribution in [2.45, 2.75) is 112 Å². The molecule has 0 spiro atoms. The van der Waals surface area contributed by atoms with Crippen LogP contribution in [0, 0.1) is 0 Å². The van der Waals surface area contributed by atoms with Gasteiger partial charge in [-0.05, 0) is 18.9 Å². The second-order valence-corrected chi connectivity index (χ2v) is 10.7. The molecular weight excluding hydrogens is 516 g/mol.